The molecule has 2 aromatic rings. The van der Waals surface area contributed by atoms with Gasteiger partial charge in [0.25, 0.3) is 0 Å². The number of aryl methyl sites for hydroxylation is 2. The first-order valence-corrected chi connectivity index (χ1v) is 7.27. The molecule has 0 bridgehead atoms. The molecule has 0 unspecified atom stereocenters. The van der Waals surface area contributed by atoms with Crippen molar-refractivity contribution in [1.82, 2.24) is 4.98 Å². The van der Waals surface area contributed by atoms with Gasteiger partial charge in [-0.3, -0.25) is 4.98 Å². The fourth-order valence-electron chi connectivity index (χ4n) is 2.54. The lowest BCUT2D eigenvalue weighted by atomic mass is 9.94. The second kappa shape index (κ2) is 9.14. The quantitative estimate of drug-likeness (QED) is 0.862. The normalized spacial score (nSPS) is 10.1. The first-order valence-electron chi connectivity index (χ1n) is 7.27. The van der Waals surface area contributed by atoms with Crippen LogP contribution in [0.1, 0.15) is 36.4 Å². The molecule has 0 atom stereocenters. The number of nitrogens with zero attached hydrogens (tertiary/aromatic N) is 1. The van der Waals surface area contributed by atoms with Gasteiger partial charge in [-0.15, -0.1) is 24.8 Å². The highest BCUT2D eigenvalue weighted by Crippen LogP contribution is 2.27. The Balaban J connectivity index is 0.00000220. The van der Waals surface area contributed by atoms with Crippen LogP contribution in [-0.2, 0) is 13.0 Å². The van der Waals surface area contributed by atoms with Crippen LogP contribution >= 0.6 is 24.8 Å². The zero-order valence-electron chi connectivity index (χ0n) is 13.7. The van der Waals surface area contributed by atoms with E-state index in [-0.39, 0.29) is 24.8 Å². The molecule has 0 fully saturated rings. The highest BCUT2D eigenvalue weighted by Gasteiger charge is 2.13. The summed E-state index contributed by atoms with van der Waals surface area (Å²) in [6.45, 7) is 9.14. The Kier molecular flexibility index (Phi) is 8.69. The molecule has 22 heavy (non-hydrogen) atoms. The van der Waals surface area contributed by atoms with Gasteiger partial charge >= 0.3 is 0 Å². The molecule has 0 saturated carbocycles. The number of pyridine rings is 1. The van der Waals surface area contributed by atoms with E-state index in [2.05, 4.69) is 58.0 Å². The third-order valence-electron chi connectivity index (χ3n) is 3.51. The van der Waals surface area contributed by atoms with Crippen molar-refractivity contribution in [2.75, 3.05) is 0 Å². The van der Waals surface area contributed by atoms with Gasteiger partial charge in [0, 0.05) is 17.9 Å². The number of aromatic nitrogens is 1. The van der Waals surface area contributed by atoms with Gasteiger partial charge in [-0.2, -0.15) is 0 Å². The first-order chi connectivity index (χ1) is 9.51. The summed E-state index contributed by atoms with van der Waals surface area (Å²) >= 11 is 0. The topological polar surface area (TPSA) is 38.9 Å². The Hall–Kier alpha value is -1.09. The highest BCUT2D eigenvalue weighted by atomic mass is 35.5. The summed E-state index contributed by atoms with van der Waals surface area (Å²) in [6, 6.07) is 10.8. The second-order valence-electron chi connectivity index (χ2n) is 5.90. The summed E-state index contributed by atoms with van der Waals surface area (Å²) in [5, 5.41) is 0. The van der Waals surface area contributed by atoms with E-state index >= 15 is 0 Å². The number of nitrogens with two attached hydrogens (primary N) is 1. The van der Waals surface area contributed by atoms with Crippen LogP contribution in [0.2, 0.25) is 0 Å². The van der Waals surface area contributed by atoms with Crippen LogP contribution in [0.3, 0.4) is 0 Å². The predicted molar refractivity (Wildman–Crippen MR) is 100 cm³/mol. The third-order valence-corrected chi connectivity index (χ3v) is 3.51. The molecule has 0 radical (unpaired) electrons. The van der Waals surface area contributed by atoms with Gasteiger partial charge in [0.05, 0.1) is 0 Å². The van der Waals surface area contributed by atoms with Crippen molar-refractivity contribution >= 4 is 24.8 Å². The van der Waals surface area contributed by atoms with Crippen LogP contribution < -0.4 is 5.73 Å². The SMILES string of the molecule is Cc1ccc(-c2cc(C)nc(CC(C)C)c2CN)cc1.Cl.Cl. The molecule has 0 aliphatic heterocycles. The lowest BCUT2D eigenvalue weighted by Gasteiger charge is -2.16. The van der Waals surface area contributed by atoms with E-state index in [0.717, 1.165) is 17.8 Å². The van der Waals surface area contributed by atoms with Crippen molar-refractivity contribution in [3.8, 4) is 11.1 Å². The Bertz CT molecular complexity index is 593. The van der Waals surface area contributed by atoms with E-state index in [1.165, 1.54) is 22.3 Å². The van der Waals surface area contributed by atoms with Gasteiger partial charge in [-0.1, -0.05) is 43.7 Å². The molecule has 122 valence electrons. The van der Waals surface area contributed by atoms with Crippen LogP contribution in [0.25, 0.3) is 11.1 Å². The minimum atomic E-state index is 0. The molecule has 4 heteroatoms. The van der Waals surface area contributed by atoms with Crippen molar-refractivity contribution in [3.05, 3.63) is 52.8 Å². The maximum atomic E-state index is 6.00. The molecule has 0 saturated heterocycles. The number of hydrogen-bond acceptors (Lipinski definition) is 2. The standard InChI is InChI=1S/C18H24N2.2ClH/c1-12(2)9-18-17(11-19)16(10-14(4)20-18)15-7-5-13(3)6-8-15;;/h5-8,10,12H,9,11,19H2,1-4H3;2*1H. The van der Waals surface area contributed by atoms with E-state index in [1.54, 1.807) is 0 Å². The summed E-state index contributed by atoms with van der Waals surface area (Å²) in [7, 11) is 0. The van der Waals surface area contributed by atoms with Crippen molar-refractivity contribution in [2.24, 2.45) is 11.7 Å². The summed E-state index contributed by atoms with van der Waals surface area (Å²) in [4.78, 5) is 4.71. The Morgan fingerprint density at radius 3 is 2.14 bits per heavy atom. The average molecular weight is 341 g/mol. The molecule has 2 rings (SSSR count). The van der Waals surface area contributed by atoms with Crippen LogP contribution in [0, 0.1) is 19.8 Å². The average Bonchev–Trinajstić information content (AvgIpc) is 2.38. The van der Waals surface area contributed by atoms with E-state index in [0.29, 0.717) is 12.5 Å². The minimum Gasteiger partial charge on any atom is -0.326 e. The molecule has 0 aliphatic rings. The molecule has 1 aromatic heterocycles. The fourth-order valence-corrected chi connectivity index (χ4v) is 2.54. The van der Waals surface area contributed by atoms with E-state index in [1.807, 2.05) is 0 Å². The number of hydrogen-bond donors (Lipinski definition) is 1. The van der Waals surface area contributed by atoms with Crippen molar-refractivity contribution in [2.45, 2.75) is 40.7 Å². The molecule has 1 aromatic carbocycles. The summed E-state index contributed by atoms with van der Waals surface area (Å²) < 4.78 is 0. The smallest absolute Gasteiger partial charge is 0.0460 e. The monoisotopic (exact) mass is 340 g/mol. The Morgan fingerprint density at radius 2 is 1.64 bits per heavy atom. The van der Waals surface area contributed by atoms with Gasteiger partial charge in [-0.05, 0) is 48.9 Å². The molecular weight excluding hydrogens is 315 g/mol. The van der Waals surface area contributed by atoms with E-state index < -0.39 is 0 Å². The van der Waals surface area contributed by atoms with Crippen molar-refractivity contribution in [1.29, 1.82) is 0 Å². The molecule has 0 spiro atoms. The third kappa shape index (κ3) is 4.98. The summed E-state index contributed by atoms with van der Waals surface area (Å²) in [5.74, 6) is 0.584. The maximum Gasteiger partial charge on any atom is 0.0460 e. The number of benzene rings is 1. The summed E-state index contributed by atoms with van der Waals surface area (Å²) in [5.41, 5.74) is 13.1. The molecule has 2 nitrogen and oxygen atoms in total. The van der Waals surface area contributed by atoms with Gasteiger partial charge in [-0.25, -0.2) is 0 Å². The Labute approximate surface area is 146 Å². The van der Waals surface area contributed by atoms with E-state index in [9.17, 15) is 0 Å². The zero-order chi connectivity index (χ0) is 14.7. The lowest BCUT2D eigenvalue weighted by Crippen LogP contribution is -2.10. The number of halogens is 2. The first kappa shape index (κ1) is 20.9. The summed E-state index contributed by atoms with van der Waals surface area (Å²) in [6.07, 6.45) is 0.979. The van der Waals surface area contributed by atoms with Gasteiger partial charge in [0.2, 0.25) is 0 Å². The van der Waals surface area contributed by atoms with Crippen molar-refractivity contribution < 1.29 is 0 Å². The molecule has 2 N–H and O–H groups in total. The Morgan fingerprint density at radius 1 is 1.05 bits per heavy atom. The van der Waals surface area contributed by atoms with Gasteiger partial charge in [0.1, 0.15) is 0 Å². The van der Waals surface area contributed by atoms with Crippen LogP contribution in [0.4, 0.5) is 0 Å². The van der Waals surface area contributed by atoms with Crippen LogP contribution in [0.15, 0.2) is 30.3 Å². The largest absolute Gasteiger partial charge is 0.326 e. The number of rotatable bonds is 4. The molecule has 0 aliphatic carbocycles. The fraction of sp³-hybridized carbons (Fsp3) is 0.389. The highest BCUT2D eigenvalue weighted by molar-refractivity contribution is 5.85. The van der Waals surface area contributed by atoms with Gasteiger partial charge in [0.15, 0.2) is 0 Å². The second-order valence-corrected chi connectivity index (χ2v) is 5.90. The maximum absolute atomic E-state index is 6.00. The zero-order valence-corrected chi connectivity index (χ0v) is 15.4. The molecule has 0 amide bonds. The molecular formula is C18H26Cl2N2. The predicted octanol–water partition coefficient (Wildman–Crippen LogP) is 4.87. The lowest BCUT2D eigenvalue weighted by molar-refractivity contribution is 0.628. The van der Waals surface area contributed by atoms with E-state index in [4.69, 9.17) is 10.7 Å². The van der Waals surface area contributed by atoms with Crippen LogP contribution in [-0.4, -0.2) is 4.98 Å². The van der Waals surface area contributed by atoms with Gasteiger partial charge < -0.3 is 5.73 Å². The molecule has 1 heterocycles. The minimum absolute atomic E-state index is 0. The van der Waals surface area contributed by atoms with Crippen LogP contribution in [0.5, 0.6) is 0 Å². The van der Waals surface area contributed by atoms with Crippen molar-refractivity contribution in [3.63, 3.8) is 0 Å².